The predicted molar refractivity (Wildman–Crippen MR) is 64.3 cm³/mol. The molecular weight excluding hydrogens is 168 g/mol. The van der Waals surface area contributed by atoms with Gasteiger partial charge in [0.2, 0.25) is 0 Å². The van der Waals surface area contributed by atoms with Crippen LogP contribution in [-0.4, -0.2) is 0 Å². The summed E-state index contributed by atoms with van der Waals surface area (Å²) in [7, 11) is 0. The van der Waals surface area contributed by atoms with Crippen LogP contribution in [0.5, 0.6) is 0 Å². The molecule has 0 aromatic carbocycles. The van der Waals surface area contributed by atoms with Crippen molar-refractivity contribution in [3.63, 3.8) is 0 Å². The van der Waals surface area contributed by atoms with Crippen molar-refractivity contribution < 1.29 is 0 Å². The van der Waals surface area contributed by atoms with Crippen LogP contribution in [-0.2, 0) is 0 Å². The van der Waals surface area contributed by atoms with E-state index in [4.69, 9.17) is 0 Å². The van der Waals surface area contributed by atoms with Gasteiger partial charge in [0.1, 0.15) is 0 Å². The summed E-state index contributed by atoms with van der Waals surface area (Å²) >= 11 is 0. The molecule has 0 saturated heterocycles. The van der Waals surface area contributed by atoms with Gasteiger partial charge in [0.15, 0.2) is 0 Å². The van der Waals surface area contributed by atoms with Crippen molar-refractivity contribution in [2.24, 2.45) is 29.6 Å². The van der Waals surface area contributed by atoms with E-state index in [-0.39, 0.29) is 0 Å². The molecule has 0 aromatic rings. The molecule has 0 bridgehead atoms. The minimum Gasteiger partial charge on any atom is -0.0654 e. The number of rotatable bonds is 5. The lowest BCUT2D eigenvalue weighted by Crippen LogP contribution is -2.44. The van der Waals surface area contributed by atoms with E-state index in [1.807, 2.05) is 0 Å². The molecule has 1 saturated carbocycles. The van der Waals surface area contributed by atoms with Gasteiger partial charge in [-0.25, -0.2) is 0 Å². The van der Waals surface area contributed by atoms with Gasteiger partial charge in [0.25, 0.3) is 0 Å². The number of hydrogen-bond donors (Lipinski definition) is 0. The zero-order chi connectivity index (χ0) is 10.7. The maximum atomic E-state index is 2.46. The second kappa shape index (κ2) is 5.19. The molecule has 84 valence electrons. The standard InChI is InChI=1S/C14H28/c1-6-8-13-11(4)12(5)14(13)9-10(3)7-2/h10-14H,6-9H2,1-5H3. The molecule has 1 fully saturated rings. The summed E-state index contributed by atoms with van der Waals surface area (Å²) in [6, 6.07) is 0. The zero-order valence-corrected chi connectivity index (χ0v) is 10.7. The van der Waals surface area contributed by atoms with Crippen LogP contribution in [0.25, 0.3) is 0 Å². The van der Waals surface area contributed by atoms with E-state index in [9.17, 15) is 0 Å². The quantitative estimate of drug-likeness (QED) is 0.595. The second-order valence-electron chi connectivity index (χ2n) is 5.58. The molecule has 14 heavy (non-hydrogen) atoms. The highest BCUT2D eigenvalue weighted by molar-refractivity contribution is 4.92. The highest BCUT2D eigenvalue weighted by atomic mass is 14.5. The van der Waals surface area contributed by atoms with Crippen LogP contribution in [0.2, 0.25) is 0 Å². The molecule has 1 aliphatic carbocycles. The number of hydrogen-bond acceptors (Lipinski definition) is 0. The summed E-state index contributed by atoms with van der Waals surface area (Å²) in [5.74, 6) is 5.00. The van der Waals surface area contributed by atoms with E-state index in [1.54, 1.807) is 0 Å². The highest BCUT2D eigenvalue weighted by Gasteiger charge is 2.43. The first kappa shape index (κ1) is 12.1. The van der Waals surface area contributed by atoms with Crippen LogP contribution < -0.4 is 0 Å². The van der Waals surface area contributed by atoms with Crippen molar-refractivity contribution in [2.45, 2.75) is 60.3 Å². The highest BCUT2D eigenvalue weighted by Crippen LogP contribution is 2.50. The van der Waals surface area contributed by atoms with Crippen LogP contribution in [0.4, 0.5) is 0 Å². The van der Waals surface area contributed by atoms with Crippen LogP contribution in [0, 0.1) is 29.6 Å². The first-order chi connectivity index (χ1) is 6.61. The Bertz CT molecular complexity index is 161. The van der Waals surface area contributed by atoms with Gasteiger partial charge in [-0.15, -0.1) is 0 Å². The molecule has 0 spiro atoms. The minimum absolute atomic E-state index is 0.939. The minimum atomic E-state index is 0.939. The fourth-order valence-corrected chi connectivity index (χ4v) is 3.25. The van der Waals surface area contributed by atoms with Gasteiger partial charge in [-0.1, -0.05) is 53.9 Å². The van der Waals surface area contributed by atoms with Gasteiger partial charge in [-0.05, 0) is 36.0 Å². The maximum Gasteiger partial charge on any atom is -0.0352 e. The molecule has 0 N–H and O–H groups in total. The van der Waals surface area contributed by atoms with Crippen molar-refractivity contribution in [1.29, 1.82) is 0 Å². The van der Waals surface area contributed by atoms with Crippen molar-refractivity contribution in [1.82, 2.24) is 0 Å². The van der Waals surface area contributed by atoms with E-state index in [1.165, 1.54) is 25.7 Å². The van der Waals surface area contributed by atoms with Gasteiger partial charge in [-0.3, -0.25) is 0 Å². The SMILES string of the molecule is CCCC1C(C)C(C)C1CC(C)CC. The van der Waals surface area contributed by atoms with Crippen LogP contribution >= 0.6 is 0 Å². The van der Waals surface area contributed by atoms with Gasteiger partial charge in [-0.2, -0.15) is 0 Å². The van der Waals surface area contributed by atoms with E-state index in [0.717, 1.165) is 29.6 Å². The van der Waals surface area contributed by atoms with Crippen LogP contribution in [0.3, 0.4) is 0 Å². The Hall–Kier alpha value is 0. The molecule has 0 aliphatic heterocycles. The van der Waals surface area contributed by atoms with E-state index < -0.39 is 0 Å². The third kappa shape index (κ3) is 2.32. The molecular formula is C14H28. The molecule has 0 heteroatoms. The summed E-state index contributed by atoms with van der Waals surface area (Å²) < 4.78 is 0. The Labute approximate surface area is 90.5 Å². The van der Waals surface area contributed by atoms with Crippen molar-refractivity contribution >= 4 is 0 Å². The van der Waals surface area contributed by atoms with Gasteiger partial charge in [0, 0.05) is 0 Å². The monoisotopic (exact) mass is 196 g/mol. The molecule has 5 atom stereocenters. The normalized spacial score (nSPS) is 39.2. The van der Waals surface area contributed by atoms with E-state index in [0.29, 0.717) is 0 Å². The first-order valence-electron chi connectivity index (χ1n) is 6.61. The van der Waals surface area contributed by atoms with Crippen LogP contribution in [0.15, 0.2) is 0 Å². The average molecular weight is 196 g/mol. The summed E-state index contributed by atoms with van der Waals surface area (Å²) in [4.78, 5) is 0. The Morgan fingerprint density at radius 2 is 1.57 bits per heavy atom. The topological polar surface area (TPSA) is 0 Å². The van der Waals surface area contributed by atoms with Gasteiger partial charge >= 0.3 is 0 Å². The third-order valence-electron chi connectivity index (χ3n) is 4.72. The molecule has 5 unspecified atom stereocenters. The summed E-state index contributed by atoms with van der Waals surface area (Å²) in [6.07, 6.45) is 5.68. The average Bonchev–Trinajstić information content (AvgIpc) is 2.22. The Balaban J connectivity index is 2.42. The smallest absolute Gasteiger partial charge is 0.0352 e. The van der Waals surface area contributed by atoms with Gasteiger partial charge < -0.3 is 0 Å². The summed E-state index contributed by atoms with van der Waals surface area (Å²) in [5, 5.41) is 0. The zero-order valence-electron chi connectivity index (χ0n) is 10.7. The fraction of sp³-hybridized carbons (Fsp3) is 1.00. The van der Waals surface area contributed by atoms with Crippen LogP contribution in [0.1, 0.15) is 60.3 Å². The molecule has 0 heterocycles. The molecule has 0 aromatic heterocycles. The molecule has 1 aliphatic rings. The second-order valence-corrected chi connectivity index (χ2v) is 5.58. The lowest BCUT2D eigenvalue weighted by molar-refractivity contribution is -0.0191. The largest absolute Gasteiger partial charge is 0.0654 e. The summed E-state index contributed by atoms with van der Waals surface area (Å²) in [6.45, 7) is 12.0. The van der Waals surface area contributed by atoms with Crippen molar-refractivity contribution in [3.8, 4) is 0 Å². The van der Waals surface area contributed by atoms with E-state index in [2.05, 4.69) is 34.6 Å². The van der Waals surface area contributed by atoms with Crippen molar-refractivity contribution in [2.75, 3.05) is 0 Å². The molecule has 1 rings (SSSR count). The maximum absolute atomic E-state index is 2.46. The lowest BCUT2D eigenvalue weighted by Gasteiger charge is -2.51. The van der Waals surface area contributed by atoms with E-state index >= 15 is 0 Å². The van der Waals surface area contributed by atoms with Crippen molar-refractivity contribution in [3.05, 3.63) is 0 Å². The predicted octanol–water partition coefficient (Wildman–Crippen LogP) is 4.74. The first-order valence-corrected chi connectivity index (χ1v) is 6.61. The van der Waals surface area contributed by atoms with Gasteiger partial charge in [0.05, 0.1) is 0 Å². The Morgan fingerprint density at radius 3 is 2.07 bits per heavy atom. The lowest BCUT2D eigenvalue weighted by atomic mass is 9.55. The Morgan fingerprint density at radius 1 is 1.00 bits per heavy atom. The molecule has 0 radical (unpaired) electrons. The molecule has 0 amide bonds. The molecule has 0 nitrogen and oxygen atoms in total. The summed E-state index contributed by atoms with van der Waals surface area (Å²) in [5.41, 5.74) is 0. The third-order valence-corrected chi connectivity index (χ3v) is 4.72. The Kier molecular flexibility index (Phi) is 4.47. The fourth-order valence-electron chi connectivity index (χ4n) is 3.25.